The SMILES string of the molecule is c1ccc(-c2ccc3c(c2)c2ccccc2n3-c2nc(-c3ccccc3)cc(-c3ccc4c(c3)sc3ccccc34)n2)cc1.c1ccc(-c2ccc3c4ccccc4n(-c4nc(-c5ccccc5)nc(-c5ccc6c(c5)sc5ccccc56)n4)c3c2)cc1.c1ccc2c(c1)sc1cc(-c3cc(-c4ccc5c(c4)sc4ccccc45)nc(-n4c5ccccc5c5ccccc54)n3)ccc12. The molecule has 0 saturated carbocycles. The van der Waals surface area contributed by atoms with E-state index in [1.54, 1.807) is 11.3 Å². The molecule has 0 radical (unpaired) electrons. The van der Waals surface area contributed by atoms with Gasteiger partial charge in [-0.2, -0.15) is 9.97 Å². The fourth-order valence-corrected chi connectivity index (χ4v) is 23.8. The third-order valence-electron chi connectivity index (χ3n) is 25.6. The number of para-hydroxylation sites is 4. The molecule has 0 aliphatic rings. The van der Waals surface area contributed by atoms with Crippen LogP contribution in [0.25, 0.3) is 254 Å². The third-order valence-corrected chi connectivity index (χ3v) is 30.1. The maximum atomic E-state index is 5.29. The largest absolute Gasteiger partial charge is 0.278 e. The molecule has 0 amide bonds. The first-order valence-corrected chi connectivity index (χ1v) is 47.6. The number of hydrogen-bond donors (Lipinski definition) is 0. The Balaban J connectivity index is 0.000000104. The van der Waals surface area contributed by atoms with Crippen LogP contribution in [0.1, 0.15) is 0 Å². The van der Waals surface area contributed by atoms with Crippen LogP contribution in [0.3, 0.4) is 0 Å². The molecule has 14 heteroatoms. The van der Waals surface area contributed by atoms with E-state index in [1.807, 2.05) is 64.3 Å². The minimum Gasteiger partial charge on any atom is -0.278 e. The number of rotatable bonds is 11. The van der Waals surface area contributed by atoms with Gasteiger partial charge in [-0.25, -0.2) is 24.9 Å². The van der Waals surface area contributed by atoms with E-state index in [9.17, 15) is 0 Å². The number of nitrogens with zero attached hydrogens (tertiary/aromatic N) is 10. The Morgan fingerprint density at radius 2 is 0.391 bits per heavy atom. The minimum atomic E-state index is 0.599. The third kappa shape index (κ3) is 13.7. The quantitative estimate of drug-likeness (QED) is 0.127. The summed E-state index contributed by atoms with van der Waals surface area (Å²) in [7, 11) is 0. The number of hydrogen-bond acceptors (Lipinski definition) is 11. The summed E-state index contributed by atoms with van der Waals surface area (Å²) in [4.78, 5) is 36.4. The van der Waals surface area contributed by atoms with Crippen molar-refractivity contribution in [2.45, 2.75) is 0 Å². The van der Waals surface area contributed by atoms with Gasteiger partial charge in [-0.05, 0) is 125 Å². The molecule has 0 unspecified atom stereocenters. The molecule has 0 bridgehead atoms. The lowest BCUT2D eigenvalue weighted by molar-refractivity contribution is 0.954. The molecule has 0 atom stereocenters. The Kier molecular flexibility index (Phi) is 18.8. The zero-order valence-corrected chi connectivity index (χ0v) is 74.4. The summed E-state index contributed by atoms with van der Waals surface area (Å²) in [6.45, 7) is 0. The molecule has 0 fully saturated rings. The van der Waals surface area contributed by atoms with Gasteiger partial charge in [0.15, 0.2) is 11.6 Å². The van der Waals surface area contributed by atoms with Crippen molar-refractivity contribution in [3.63, 3.8) is 0 Å². The molecule has 0 saturated heterocycles. The summed E-state index contributed by atoms with van der Waals surface area (Å²) in [6, 6.07) is 155. The second-order valence-corrected chi connectivity index (χ2v) is 37.7. The molecule has 28 rings (SSSR count). The Hall–Kier alpha value is -16.6. The van der Waals surface area contributed by atoms with Crippen LogP contribution in [-0.2, 0) is 0 Å². The van der Waals surface area contributed by atoms with E-state index in [1.165, 1.54) is 119 Å². The van der Waals surface area contributed by atoms with Crippen molar-refractivity contribution < 1.29 is 0 Å². The summed E-state index contributed by atoms with van der Waals surface area (Å²) in [5, 5.41) is 17.4. The number of thiophene rings is 4. The van der Waals surface area contributed by atoms with Crippen molar-refractivity contribution in [3.8, 4) is 108 Å². The second kappa shape index (κ2) is 32.3. The van der Waals surface area contributed by atoms with Gasteiger partial charge in [0.2, 0.25) is 17.8 Å². The molecule has 0 spiro atoms. The van der Waals surface area contributed by atoms with E-state index in [-0.39, 0.29) is 0 Å². The Bertz CT molecular complexity index is 9310. The highest BCUT2D eigenvalue weighted by molar-refractivity contribution is 7.27. The fourth-order valence-electron chi connectivity index (χ4n) is 19.2. The molecule has 0 N–H and O–H groups in total. The van der Waals surface area contributed by atoms with Gasteiger partial charge in [-0.3, -0.25) is 13.7 Å². The van der Waals surface area contributed by atoms with E-state index < -0.39 is 0 Å². The average molecular weight is 1770 g/mol. The lowest BCUT2D eigenvalue weighted by atomic mass is 10.0. The van der Waals surface area contributed by atoms with Crippen molar-refractivity contribution in [2.75, 3.05) is 0 Å². The van der Waals surface area contributed by atoms with Crippen LogP contribution in [0, 0.1) is 0 Å². The van der Waals surface area contributed by atoms with Gasteiger partial charge in [-0.1, -0.05) is 334 Å². The number of aromatic nitrogens is 10. The molecule has 133 heavy (non-hydrogen) atoms. The van der Waals surface area contributed by atoms with Gasteiger partial charge in [-0.15, -0.1) is 45.3 Å². The summed E-state index contributed by atoms with van der Waals surface area (Å²) >= 11 is 7.29. The minimum absolute atomic E-state index is 0.599. The van der Waals surface area contributed by atoms with Crippen LogP contribution >= 0.6 is 45.3 Å². The van der Waals surface area contributed by atoms with Gasteiger partial charge in [0.25, 0.3) is 0 Å². The van der Waals surface area contributed by atoms with Crippen molar-refractivity contribution in [2.24, 2.45) is 0 Å². The number of benzene rings is 18. The maximum absolute atomic E-state index is 5.29. The molecule has 18 aromatic carbocycles. The van der Waals surface area contributed by atoms with Gasteiger partial charge in [0, 0.05) is 146 Å². The monoisotopic (exact) mass is 1770 g/mol. The molecule has 10 heterocycles. The van der Waals surface area contributed by atoms with Gasteiger partial charge >= 0.3 is 0 Å². The normalized spacial score (nSPS) is 11.8. The summed E-state index contributed by atoms with van der Waals surface area (Å²) in [5.74, 6) is 3.23. The Morgan fingerprint density at radius 3 is 0.797 bits per heavy atom. The zero-order valence-electron chi connectivity index (χ0n) is 71.2. The van der Waals surface area contributed by atoms with E-state index >= 15 is 0 Å². The van der Waals surface area contributed by atoms with Gasteiger partial charge in [0.05, 0.1) is 55.9 Å². The molecule has 0 aliphatic heterocycles. The predicted octanol–water partition coefficient (Wildman–Crippen LogP) is 32.9. The van der Waals surface area contributed by atoms with Crippen molar-refractivity contribution in [1.82, 2.24) is 48.6 Å². The molecule has 622 valence electrons. The fraction of sp³-hybridized carbons (Fsp3) is 0. The predicted molar refractivity (Wildman–Crippen MR) is 562 cm³/mol. The van der Waals surface area contributed by atoms with Crippen LogP contribution < -0.4 is 0 Å². The topological polar surface area (TPSA) is 105 Å². The molecule has 10 aromatic heterocycles. The molecular weight excluding hydrogens is 1700 g/mol. The highest BCUT2D eigenvalue weighted by atomic mass is 32.1. The maximum Gasteiger partial charge on any atom is 0.238 e. The van der Waals surface area contributed by atoms with Crippen LogP contribution in [0.5, 0.6) is 0 Å². The zero-order chi connectivity index (χ0) is 87.6. The molecule has 28 aromatic rings. The van der Waals surface area contributed by atoms with Gasteiger partial charge < -0.3 is 0 Å². The highest BCUT2D eigenvalue weighted by Crippen LogP contribution is 2.45. The summed E-state index contributed by atoms with van der Waals surface area (Å²) < 4.78 is 16.8. The number of fused-ring (bicyclic) bond motifs is 21. The Morgan fingerprint density at radius 1 is 0.135 bits per heavy atom. The standard InChI is InChI=1S/C40H23N3S2.C40H25N3S.C39H24N4S/c1-5-13-34-26(9-1)27-10-2-6-14-35(27)43(34)40-41-32(24-17-19-30-28-11-3-7-15-36(28)44-38(30)21-24)23-33(42-40)25-18-20-31-29-12-4-8-16-37(29)45-39(31)22-25;1-3-11-26(12-4-1)28-20-22-37-33(23-28)30-15-7-9-17-36(30)43(37)40-41-34(27-13-5-2-6-14-27)25-35(42-40)29-19-21-32-31-16-8-10-18-38(31)44-39(32)24-29;1-3-11-25(12-4-1)27-19-21-30-29-15-7-9-17-33(29)43(34(30)23-27)39-41-37(26-13-5-2-6-14-26)40-38(42-39)28-20-22-32-31-16-8-10-18-35(31)44-36(32)24-28/h1-23H;1-25H;1-24H. The molecule has 0 aliphatic carbocycles. The first-order chi connectivity index (χ1) is 65.9. The van der Waals surface area contributed by atoms with Crippen LogP contribution in [0.4, 0.5) is 0 Å². The lowest BCUT2D eigenvalue weighted by Crippen LogP contribution is -2.06. The van der Waals surface area contributed by atoms with Gasteiger partial charge in [0.1, 0.15) is 0 Å². The van der Waals surface area contributed by atoms with Crippen LogP contribution in [0.15, 0.2) is 437 Å². The molecular formula is C119H72N10S4. The van der Waals surface area contributed by atoms with Crippen LogP contribution in [0.2, 0.25) is 0 Å². The first kappa shape index (κ1) is 77.5. The highest BCUT2D eigenvalue weighted by Gasteiger charge is 2.25. The average Bonchev–Trinajstić information content (AvgIpc) is 1.59. The van der Waals surface area contributed by atoms with Crippen molar-refractivity contribution in [1.29, 1.82) is 0 Å². The first-order valence-electron chi connectivity index (χ1n) is 44.4. The van der Waals surface area contributed by atoms with E-state index in [4.69, 9.17) is 34.9 Å². The Labute approximate surface area is 778 Å². The van der Waals surface area contributed by atoms with E-state index in [0.717, 1.165) is 106 Å². The summed E-state index contributed by atoms with van der Waals surface area (Å²) in [5.41, 5.74) is 21.1. The summed E-state index contributed by atoms with van der Waals surface area (Å²) in [6.07, 6.45) is 0. The smallest absolute Gasteiger partial charge is 0.238 e. The second-order valence-electron chi connectivity index (χ2n) is 33.4. The van der Waals surface area contributed by atoms with E-state index in [2.05, 4.69) is 420 Å². The lowest BCUT2D eigenvalue weighted by Gasteiger charge is -2.12. The van der Waals surface area contributed by atoms with E-state index in [0.29, 0.717) is 29.5 Å². The van der Waals surface area contributed by atoms with Crippen molar-refractivity contribution >= 4 is 191 Å². The van der Waals surface area contributed by atoms with Crippen LogP contribution in [-0.4, -0.2) is 48.6 Å². The molecule has 10 nitrogen and oxygen atoms in total. The van der Waals surface area contributed by atoms with Crippen molar-refractivity contribution in [3.05, 3.63) is 437 Å².